The van der Waals surface area contributed by atoms with Gasteiger partial charge in [-0.1, -0.05) is 24.0 Å². The van der Waals surface area contributed by atoms with Crippen LogP contribution in [-0.2, 0) is 16.6 Å². The average Bonchev–Trinajstić information content (AvgIpc) is 3.16. The number of piperazine rings is 1. The molecule has 1 amide bonds. The fourth-order valence-corrected chi connectivity index (χ4v) is 5.90. The molecule has 2 aromatic rings. The number of nitriles is 1. The minimum absolute atomic E-state index is 0.0537. The van der Waals surface area contributed by atoms with E-state index in [1.807, 2.05) is 6.07 Å². The Kier molecular flexibility index (Phi) is 8.32. The van der Waals surface area contributed by atoms with Crippen LogP contribution < -0.4 is 15.4 Å². The highest BCUT2D eigenvalue weighted by molar-refractivity contribution is 8.26. The number of pyridine rings is 1. The molecule has 2 aliphatic heterocycles. The summed E-state index contributed by atoms with van der Waals surface area (Å²) in [5.41, 5.74) is 1.80. The van der Waals surface area contributed by atoms with Crippen molar-refractivity contribution in [1.29, 1.82) is 5.26 Å². The first-order valence-electron chi connectivity index (χ1n) is 11.9. The van der Waals surface area contributed by atoms with Gasteiger partial charge in [0, 0.05) is 64.7 Å². The summed E-state index contributed by atoms with van der Waals surface area (Å²) in [5.74, 6) is 0.189. The maximum Gasteiger partial charge on any atom is 0.270 e. The van der Waals surface area contributed by atoms with Crippen molar-refractivity contribution in [2.24, 2.45) is 7.05 Å². The van der Waals surface area contributed by atoms with Gasteiger partial charge in [-0.05, 0) is 49.2 Å². The van der Waals surface area contributed by atoms with Crippen molar-refractivity contribution < 1.29 is 13.9 Å². The number of aromatic nitrogens is 1. The van der Waals surface area contributed by atoms with Crippen LogP contribution in [0.25, 0.3) is 6.08 Å². The number of amides is 1. The molecule has 3 heterocycles. The number of thioether (sulfide) groups is 1. The molecule has 37 heavy (non-hydrogen) atoms. The van der Waals surface area contributed by atoms with Gasteiger partial charge in [0.1, 0.15) is 27.6 Å². The second kappa shape index (κ2) is 11.5. The fraction of sp³-hybridized carbons (Fsp3) is 0.385. The van der Waals surface area contributed by atoms with Crippen LogP contribution in [0.2, 0.25) is 0 Å². The lowest BCUT2D eigenvalue weighted by molar-refractivity contribution is -0.122. The predicted molar refractivity (Wildman–Crippen MR) is 148 cm³/mol. The summed E-state index contributed by atoms with van der Waals surface area (Å²) in [6.45, 7) is 5.27. The molecule has 2 fully saturated rings. The molecule has 0 saturated carbocycles. The molecule has 1 aromatic heterocycles. The van der Waals surface area contributed by atoms with E-state index in [1.165, 1.54) is 28.5 Å². The molecule has 8 nitrogen and oxygen atoms in total. The van der Waals surface area contributed by atoms with E-state index >= 15 is 0 Å². The molecule has 4 rings (SSSR count). The topological polar surface area (TPSA) is 81.8 Å². The number of ether oxygens (including phenoxy) is 1. The van der Waals surface area contributed by atoms with E-state index in [1.54, 1.807) is 44.2 Å². The Bertz CT molecular complexity index is 1340. The summed E-state index contributed by atoms with van der Waals surface area (Å²) in [7, 11) is 3.26. The summed E-state index contributed by atoms with van der Waals surface area (Å²) in [4.78, 5) is 32.5. The number of hydrogen-bond donors (Lipinski definition) is 0. The fourth-order valence-electron chi connectivity index (χ4n) is 4.61. The molecule has 194 valence electrons. The number of carbonyl (C=O) groups excluding carboxylic acids is 1. The van der Waals surface area contributed by atoms with Crippen LogP contribution in [0.3, 0.4) is 0 Å². The van der Waals surface area contributed by atoms with Crippen LogP contribution in [0, 0.1) is 24.1 Å². The first kappa shape index (κ1) is 26.9. The van der Waals surface area contributed by atoms with Crippen molar-refractivity contribution >= 4 is 51.8 Å². The highest BCUT2D eigenvalue weighted by Gasteiger charge is 2.33. The molecule has 11 heteroatoms. The van der Waals surface area contributed by atoms with Gasteiger partial charge in [0.15, 0.2) is 0 Å². The molecule has 0 spiro atoms. The van der Waals surface area contributed by atoms with Crippen LogP contribution in [0.1, 0.15) is 23.1 Å². The Balaban J connectivity index is 1.68. The minimum Gasteiger partial charge on any atom is -0.385 e. The standard InChI is InChI=1S/C26H28FN5O3S2/c1-17-20(15-22-25(34)32(26(36)37-22)9-4-14-35-3)23(29(2)24(33)21(17)16-28)31-12-10-30(11-13-31)19-7-5-18(27)6-8-19/h5-8,15H,4,9-14H2,1-3H3/b22-15+. The van der Waals surface area contributed by atoms with E-state index in [4.69, 9.17) is 17.0 Å². The van der Waals surface area contributed by atoms with E-state index in [2.05, 4.69) is 9.80 Å². The lowest BCUT2D eigenvalue weighted by Crippen LogP contribution is -2.48. The number of anilines is 2. The van der Waals surface area contributed by atoms with E-state index in [0.717, 1.165) is 5.69 Å². The quantitative estimate of drug-likeness (QED) is 0.300. The average molecular weight is 542 g/mol. The number of carbonyl (C=O) groups is 1. The molecule has 0 aliphatic carbocycles. The summed E-state index contributed by atoms with van der Waals surface area (Å²) in [6, 6.07) is 8.43. The van der Waals surface area contributed by atoms with E-state index in [-0.39, 0.29) is 22.8 Å². The van der Waals surface area contributed by atoms with Crippen LogP contribution in [-0.4, -0.2) is 66.1 Å². The zero-order chi connectivity index (χ0) is 26.7. The SMILES string of the molecule is COCCCN1C(=O)/C(=C\c2c(C)c(C#N)c(=O)n(C)c2N2CCN(c3ccc(F)cc3)CC2)SC1=S. The van der Waals surface area contributed by atoms with Crippen molar-refractivity contribution in [2.45, 2.75) is 13.3 Å². The van der Waals surface area contributed by atoms with Gasteiger partial charge in [-0.2, -0.15) is 5.26 Å². The third kappa shape index (κ3) is 5.42. The number of methoxy groups -OCH3 is 1. The molecule has 0 radical (unpaired) electrons. The van der Waals surface area contributed by atoms with Crippen LogP contribution >= 0.6 is 24.0 Å². The number of thiocarbonyl (C=S) groups is 1. The number of halogens is 1. The second-order valence-corrected chi connectivity index (χ2v) is 10.5. The van der Waals surface area contributed by atoms with Gasteiger partial charge in [0.05, 0.1) is 4.91 Å². The molecular formula is C26H28FN5O3S2. The van der Waals surface area contributed by atoms with Crippen LogP contribution in [0.4, 0.5) is 15.9 Å². The third-order valence-corrected chi connectivity index (χ3v) is 8.00. The monoisotopic (exact) mass is 541 g/mol. The largest absolute Gasteiger partial charge is 0.385 e. The molecule has 0 atom stereocenters. The molecular weight excluding hydrogens is 513 g/mol. The molecule has 1 aromatic carbocycles. The number of hydrogen-bond acceptors (Lipinski definition) is 8. The predicted octanol–water partition coefficient (Wildman–Crippen LogP) is 3.27. The molecule has 2 aliphatic rings. The molecule has 0 unspecified atom stereocenters. The molecule has 0 N–H and O–H groups in total. The van der Waals surface area contributed by atoms with Crippen molar-refractivity contribution in [3.05, 3.63) is 62.0 Å². The third-order valence-electron chi connectivity index (χ3n) is 6.62. The Morgan fingerprint density at radius 3 is 2.43 bits per heavy atom. The zero-order valence-corrected chi connectivity index (χ0v) is 22.6. The van der Waals surface area contributed by atoms with Crippen molar-refractivity contribution in [1.82, 2.24) is 9.47 Å². The lowest BCUT2D eigenvalue weighted by atomic mass is 10.0. The highest BCUT2D eigenvalue weighted by Crippen LogP contribution is 2.36. The summed E-state index contributed by atoms with van der Waals surface area (Å²) in [5, 5.41) is 9.70. The maximum absolute atomic E-state index is 13.4. The Hall–Kier alpha value is -3.20. The Labute approximate surface area is 224 Å². The van der Waals surface area contributed by atoms with E-state index in [0.29, 0.717) is 71.9 Å². The number of benzene rings is 1. The lowest BCUT2D eigenvalue weighted by Gasteiger charge is -2.38. The van der Waals surface area contributed by atoms with Gasteiger partial charge in [-0.3, -0.25) is 19.1 Å². The van der Waals surface area contributed by atoms with Crippen LogP contribution in [0.15, 0.2) is 34.0 Å². The van der Waals surface area contributed by atoms with E-state index in [9.17, 15) is 19.2 Å². The Morgan fingerprint density at radius 1 is 1.16 bits per heavy atom. The maximum atomic E-state index is 13.4. The molecule has 0 bridgehead atoms. The first-order chi connectivity index (χ1) is 17.8. The first-order valence-corrected chi connectivity index (χ1v) is 13.1. The summed E-state index contributed by atoms with van der Waals surface area (Å²) < 4.78 is 20.4. The number of nitrogens with zero attached hydrogens (tertiary/aromatic N) is 5. The van der Waals surface area contributed by atoms with Crippen LogP contribution in [0.5, 0.6) is 0 Å². The van der Waals surface area contributed by atoms with Gasteiger partial charge in [-0.25, -0.2) is 4.39 Å². The van der Waals surface area contributed by atoms with Gasteiger partial charge in [0.25, 0.3) is 11.5 Å². The summed E-state index contributed by atoms with van der Waals surface area (Å²) in [6.07, 6.45) is 2.42. The van der Waals surface area contributed by atoms with Gasteiger partial charge in [0.2, 0.25) is 0 Å². The van der Waals surface area contributed by atoms with Crippen molar-refractivity contribution in [3.8, 4) is 6.07 Å². The molecule has 2 saturated heterocycles. The minimum atomic E-state index is -0.375. The van der Waals surface area contributed by atoms with Gasteiger partial charge >= 0.3 is 0 Å². The second-order valence-electron chi connectivity index (χ2n) is 8.84. The Morgan fingerprint density at radius 2 is 1.81 bits per heavy atom. The normalized spacial score (nSPS) is 17.2. The van der Waals surface area contributed by atoms with Gasteiger partial charge in [-0.15, -0.1) is 0 Å². The number of rotatable bonds is 7. The van der Waals surface area contributed by atoms with Crippen molar-refractivity contribution in [3.63, 3.8) is 0 Å². The summed E-state index contributed by atoms with van der Waals surface area (Å²) >= 11 is 6.67. The van der Waals surface area contributed by atoms with E-state index < -0.39 is 0 Å². The van der Waals surface area contributed by atoms with Crippen molar-refractivity contribution in [2.75, 3.05) is 56.2 Å². The zero-order valence-electron chi connectivity index (χ0n) is 21.0. The highest BCUT2D eigenvalue weighted by atomic mass is 32.2. The van der Waals surface area contributed by atoms with Gasteiger partial charge < -0.3 is 14.5 Å². The smallest absolute Gasteiger partial charge is 0.270 e.